The monoisotopic (exact) mass is 229 g/mol. The number of carbonyl (C=O) groups is 1. The Hall–Kier alpha value is -0.610. The van der Waals surface area contributed by atoms with Gasteiger partial charge in [-0.25, -0.2) is 0 Å². The molecule has 0 atom stereocenters. The molecule has 0 aromatic carbocycles. The minimum atomic E-state index is -0.515. The van der Waals surface area contributed by atoms with Crippen LogP contribution >= 0.6 is 0 Å². The van der Waals surface area contributed by atoms with Crippen LogP contribution in [0, 0.1) is 5.92 Å². The summed E-state index contributed by atoms with van der Waals surface area (Å²) in [6.45, 7) is 8.63. The lowest BCUT2D eigenvalue weighted by Crippen LogP contribution is -2.57. The van der Waals surface area contributed by atoms with Gasteiger partial charge in [0.25, 0.3) is 0 Å². The molecule has 0 aromatic heterocycles. The third-order valence-corrected chi connectivity index (χ3v) is 2.86. The van der Waals surface area contributed by atoms with E-state index in [0.29, 0.717) is 38.6 Å². The van der Waals surface area contributed by atoms with Crippen LogP contribution in [0.2, 0.25) is 0 Å². The maximum atomic E-state index is 12.0. The number of carbonyl (C=O) groups excluding carboxylic acids is 1. The van der Waals surface area contributed by atoms with Crippen molar-refractivity contribution in [3.8, 4) is 0 Å². The minimum Gasteiger partial charge on any atom is -0.465 e. The highest BCUT2D eigenvalue weighted by Crippen LogP contribution is 2.22. The van der Waals surface area contributed by atoms with Crippen LogP contribution in [0.4, 0.5) is 0 Å². The standard InChI is InChI=1S/C12H23NO3/c1-4-16-11(14)12(13-9-10(2)3)5-7-15-8-6-12/h10,13H,4-9H2,1-3H3. The molecule has 1 aliphatic rings. The van der Waals surface area contributed by atoms with E-state index in [-0.39, 0.29) is 5.97 Å². The average molecular weight is 229 g/mol. The Balaban J connectivity index is 2.62. The maximum Gasteiger partial charge on any atom is 0.326 e. The first-order chi connectivity index (χ1) is 7.60. The van der Waals surface area contributed by atoms with Crippen molar-refractivity contribution >= 4 is 5.97 Å². The van der Waals surface area contributed by atoms with Gasteiger partial charge in [0.15, 0.2) is 0 Å². The van der Waals surface area contributed by atoms with E-state index in [1.807, 2.05) is 6.92 Å². The fourth-order valence-electron chi connectivity index (χ4n) is 1.84. The van der Waals surface area contributed by atoms with Gasteiger partial charge >= 0.3 is 5.97 Å². The highest BCUT2D eigenvalue weighted by atomic mass is 16.5. The zero-order chi connectivity index (χ0) is 12.0. The van der Waals surface area contributed by atoms with Gasteiger partial charge in [0.2, 0.25) is 0 Å². The molecule has 0 spiro atoms. The fourth-order valence-corrected chi connectivity index (χ4v) is 1.84. The molecule has 1 heterocycles. The first-order valence-electron chi connectivity index (χ1n) is 6.10. The average Bonchev–Trinajstić information content (AvgIpc) is 2.28. The van der Waals surface area contributed by atoms with E-state index in [4.69, 9.17) is 9.47 Å². The number of hydrogen-bond acceptors (Lipinski definition) is 4. The van der Waals surface area contributed by atoms with Crippen molar-refractivity contribution in [3.05, 3.63) is 0 Å². The highest BCUT2D eigenvalue weighted by molar-refractivity contribution is 5.81. The predicted molar refractivity (Wildman–Crippen MR) is 62.3 cm³/mol. The van der Waals surface area contributed by atoms with Gasteiger partial charge in [-0.2, -0.15) is 0 Å². The molecule has 0 aliphatic carbocycles. The van der Waals surface area contributed by atoms with E-state index in [0.717, 1.165) is 6.54 Å². The maximum absolute atomic E-state index is 12.0. The van der Waals surface area contributed by atoms with Crippen molar-refractivity contribution in [1.82, 2.24) is 5.32 Å². The quantitative estimate of drug-likeness (QED) is 0.723. The molecule has 0 amide bonds. The van der Waals surface area contributed by atoms with E-state index < -0.39 is 5.54 Å². The molecular weight excluding hydrogens is 206 g/mol. The molecule has 1 rings (SSSR count). The first-order valence-corrected chi connectivity index (χ1v) is 6.10. The minimum absolute atomic E-state index is 0.126. The van der Waals surface area contributed by atoms with Gasteiger partial charge < -0.3 is 14.8 Å². The van der Waals surface area contributed by atoms with Crippen LogP contribution in [0.5, 0.6) is 0 Å². The fraction of sp³-hybridized carbons (Fsp3) is 0.917. The lowest BCUT2D eigenvalue weighted by Gasteiger charge is -2.36. The van der Waals surface area contributed by atoms with E-state index in [1.54, 1.807) is 0 Å². The largest absolute Gasteiger partial charge is 0.465 e. The molecule has 0 aromatic rings. The molecule has 0 bridgehead atoms. The normalized spacial score (nSPS) is 19.8. The predicted octanol–water partition coefficient (Wildman–Crippen LogP) is 1.34. The lowest BCUT2D eigenvalue weighted by atomic mass is 9.89. The number of ether oxygens (including phenoxy) is 2. The third kappa shape index (κ3) is 3.46. The highest BCUT2D eigenvalue weighted by Gasteiger charge is 2.40. The van der Waals surface area contributed by atoms with E-state index >= 15 is 0 Å². The van der Waals surface area contributed by atoms with Gasteiger partial charge in [-0.3, -0.25) is 4.79 Å². The Morgan fingerprint density at radius 2 is 2.06 bits per heavy atom. The van der Waals surface area contributed by atoms with Crippen LogP contribution in [0.25, 0.3) is 0 Å². The van der Waals surface area contributed by atoms with Gasteiger partial charge in [0.1, 0.15) is 5.54 Å². The lowest BCUT2D eigenvalue weighted by molar-refractivity contribution is -0.155. The topological polar surface area (TPSA) is 47.6 Å². The van der Waals surface area contributed by atoms with Crippen LogP contribution in [0.15, 0.2) is 0 Å². The van der Waals surface area contributed by atoms with Crippen molar-refractivity contribution < 1.29 is 14.3 Å². The second-order valence-corrected chi connectivity index (χ2v) is 4.69. The van der Waals surface area contributed by atoms with Gasteiger partial charge in [0, 0.05) is 13.2 Å². The van der Waals surface area contributed by atoms with Gasteiger partial charge in [0.05, 0.1) is 6.61 Å². The van der Waals surface area contributed by atoms with E-state index in [9.17, 15) is 4.79 Å². The van der Waals surface area contributed by atoms with Gasteiger partial charge in [-0.15, -0.1) is 0 Å². The first kappa shape index (κ1) is 13.5. The van der Waals surface area contributed by atoms with Crippen LogP contribution < -0.4 is 5.32 Å². The molecule has 0 saturated carbocycles. The molecule has 0 radical (unpaired) electrons. The van der Waals surface area contributed by atoms with Crippen molar-refractivity contribution in [2.45, 2.75) is 39.2 Å². The summed E-state index contributed by atoms with van der Waals surface area (Å²) < 4.78 is 10.5. The van der Waals surface area contributed by atoms with Crippen molar-refractivity contribution in [3.63, 3.8) is 0 Å². The summed E-state index contributed by atoms with van der Waals surface area (Å²) in [5.41, 5.74) is -0.515. The van der Waals surface area contributed by atoms with Crippen LogP contribution in [0.3, 0.4) is 0 Å². The zero-order valence-corrected chi connectivity index (χ0v) is 10.5. The smallest absolute Gasteiger partial charge is 0.326 e. The SMILES string of the molecule is CCOC(=O)C1(NCC(C)C)CCOCC1. The Labute approximate surface area is 97.7 Å². The second-order valence-electron chi connectivity index (χ2n) is 4.69. The molecule has 4 nitrogen and oxygen atoms in total. The second kappa shape index (κ2) is 6.21. The molecule has 0 unspecified atom stereocenters. The third-order valence-electron chi connectivity index (χ3n) is 2.86. The summed E-state index contributed by atoms with van der Waals surface area (Å²) in [7, 11) is 0. The number of hydrogen-bond donors (Lipinski definition) is 1. The van der Waals surface area contributed by atoms with E-state index in [1.165, 1.54) is 0 Å². The van der Waals surface area contributed by atoms with Crippen LogP contribution in [-0.2, 0) is 14.3 Å². The van der Waals surface area contributed by atoms with Crippen molar-refractivity contribution in [1.29, 1.82) is 0 Å². The van der Waals surface area contributed by atoms with Crippen molar-refractivity contribution in [2.75, 3.05) is 26.4 Å². The van der Waals surface area contributed by atoms with Crippen LogP contribution in [0.1, 0.15) is 33.6 Å². The summed E-state index contributed by atoms with van der Waals surface area (Å²) in [4.78, 5) is 12.0. The Morgan fingerprint density at radius 1 is 1.44 bits per heavy atom. The molecule has 4 heteroatoms. The molecule has 1 aliphatic heterocycles. The Morgan fingerprint density at radius 3 is 2.56 bits per heavy atom. The molecular formula is C12H23NO3. The van der Waals surface area contributed by atoms with Crippen molar-refractivity contribution in [2.24, 2.45) is 5.92 Å². The number of rotatable bonds is 5. The molecule has 1 fully saturated rings. The van der Waals surface area contributed by atoms with Gasteiger partial charge in [-0.05, 0) is 32.2 Å². The molecule has 94 valence electrons. The van der Waals surface area contributed by atoms with Gasteiger partial charge in [-0.1, -0.05) is 13.8 Å². The summed E-state index contributed by atoms with van der Waals surface area (Å²) >= 11 is 0. The number of nitrogens with one attached hydrogen (secondary N) is 1. The molecule has 1 N–H and O–H groups in total. The molecule has 16 heavy (non-hydrogen) atoms. The summed E-state index contributed by atoms with van der Waals surface area (Å²) in [6.07, 6.45) is 1.41. The van der Waals surface area contributed by atoms with E-state index in [2.05, 4.69) is 19.2 Å². The summed E-state index contributed by atoms with van der Waals surface area (Å²) in [5.74, 6) is 0.396. The summed E-state index contributed by atoms with van der Waals surface area (Å²) in [5, 5.41) is 3.36. The summed E-state index contributed by atoms with van der Waals surface area (Å²) in [6, 6.07) is 0. The number of esters is 1. The zero-order valence-electron chi connectivity index (χ0n) is 10.5. The Kier molecular flexibility index (Phi) is 5.22. The van der Waals surface area contributed by atoms with Crippen LogP contribution in [-0.4, -0.2) is 37.9 Å². The Bertz CT molecular complexity index is 222. The molecule has 1 saturated heterocycles.